The lowest BCUT2D eigenvalue weighted by molar-refractivity contribution is 0.0696. The van der Waals surface area contributed by atoms with Crippen LogP contribution in [0.2, 0.25) is 5.02 Å². The van der Waals surface area contributed by atoms with Gasteiger partial charge in [0, 0.05) is 16.8 Å². The molecular weight excluding hydrogens is 254 g/mol. The van der Waals surface area contributed by atoms with Crippen molar-refractivity contribution in [3.8, 4) is 11.1 Å². The number of nitrogens with one attached hydrogen (secondary N) is 1. The molecule has 92 valence electrons. The van der Waals surface area contributed by atoms with Gasteiger partial charge in [-0.3, -0.25) is 4.79 Å². The summed E-state index contributed by atoms with van der Waals surface area (Å²) in [5, 5.41) is 9.50. The van der Waals surface area contributed by atoms with E-state index in [0.717, 1.165) is 5.56 Å². The lowest BCUT2D eigenvalue weighted by atomic mass is 10.0. The first-order chi connectivity index (χ1) is 8.49. The molecule has 0 aliphatic heterocycles. The number of carbonyl (C=O) groups is 1. The Bertz CT molecular complexity index is 676. The van der Waals surface area contributed by atoms with Crippen LogP contribution in [0.15, 0.2) is 35.3 Å². The van der Waals surface area contributed by atoms with Crippen LogP contribution in [0.1, 0.15) is 15.9 Å². The van der Waals surface area contributed by atoms with Gasteiger partial charge in [0.1, 0.15) is 0 Å². The maximum absolute atomic E-state index is 11.7. The highest BCUT2D eigenvalue weighted by atomic mass is 35.5. The van der Waals surface area contributed by atoms with Crippen LogP contribution in [0.4, 0.5) is 0 Å². The number of hydrogen-bond donors (Lipinski definition) is 2. The average Bonchev–Trinajstić information content (AvgIpc) is 2.33. The topological polar surface area (TPSA) is 70.2 Å². The van der Waals surface area contributed by atoms with Crippen LogP contribution in [-0.2, 0) is 0 Å². The van der Waals surface area contributed by atoms with Crippen LogP contribution in [-0.4, -0.2) is 16.1 Å². The molecule has 0 bridgehead atoms. The highest BCUT2D eigenvalue weighted by Crippen LogP contribution is 2.22. The Morgan fingerprint density at radius 1 is 1.33 bits per heavy atom. The fourth-order valence-electron chi connectivity index (χ4n) is 1.63. The minimum Gasteiger partial charge on any atom is -0.478 e. The number of H-pyrrole nitrogens is 1. The number of aromatic carboxylic acids is 1. The van der Waals surface area contributed by atoms with E-state index in [1.54, 1.807) is 18.2 Å². The standard InChI is InChI=1S/C13H10ClNO3/c1-7-4-8(2-3-11(7)14)10-5-9(13(17)18)6-15-12(10)16/h2-6H,1H3,(H,15,16)(H,17,18). The van der Waals surface area contributed by atoms with E-state index in [9.17, 15) is 9.59 Å². The maximum Gasteiger partial charge on any atom is 0.337 e. The zero-order valence-corrected chi connectivity index (χ0v) is 10.3. The summed E-state index contributed by atoms with van der Waals surface area (Å²) in [5.41, 5.74) is 1.49. The number of rotatable bonds is 2. The molecule has 0 radical (unpaired) electrons. The van der Waals surface area contributed by atoms with Crippen molar-refractivity contribution in [2.24, 2.45) is 0 Å². The summed E-state index contributed by atoms with van der Waals surface area (Å²) >= 11 is 5.91. The highest BCUT2D eigenvalue weighted by Gasteiger charge is 2.09. The van der Waals surface area contributed by atoms with Crippen LogP contribution < -0.4 is 5.56 Å². The SMILES string of the molecule is Cc1cc(-c2cc(C(=O)O)c[nH]c2=O)ccc1Cl. The van der Waals surface area contributed by atoms with Crippen LogP contribution in [0.5, 0.6) is 0 Å². The van der Waals surface area contributed by atoms with Gasteiger partial charge in [0.05, 0.1) is 5.56 Å². The summed E-state index contributed by atoms with van der Waals surface area (Å²) in [4.78, 5) is 25.0. The number of hydrogen-bond acceptors (Lipinski definition) is 2. The van der Waals surface area contributed by atoms with E-state index in [-0.39, 0.29) is 11.1 Å². The predicted molar refractivity (Wildman–Crippen MR) is 69.2 cm³/mol. The number of aromatic amines is 1. The van der Waals surface area contributed by atoms with Crippen molar-refractivity contribution in [3.05, 3.63) is 57.0 Å². The molecule has 0 atom stereocenters. The number of pyridine rings is 1. The first-order valence-electron chi connectivity index (χ1n) is 5.21. The van der Waals surface area contributed by atoms with E-state index in [1.807, 2.05) is 6.92 Å². The van der Waals surface area contributed by atoms with Gasteiger partial charge in [0.25, 0.3) is 5.56 Å². The Kier molecular flexibility index (Phi) is 3.21. The van der Waals surface area contributed by atoms with Crippen molar-refractivity contribution < 1.29 is 9.90 Å². The number of halogens is 1. The predicted octanol–water partition coefficient (Wildman–Crippen LogP) is 2.70. The second-order valence-corrected chi connectivity index (χ2v) is 4.31. The Balaban J connectivity index is 2.62. The molecule has 0 aliphatic rings. The summed E-state index contributed by atoms with van der Waals surface area (Å²) < 4.78 is 0. The molecular formula is C13H10ClNO3. The van der Waals surface area contributed by atoms with Gasteiger partial charge >= 0.3 is 5.97 Å². The third-order valence-electron chi connectivity index (χ3n) is 2.62. The van der Waals surface area contributed by atoms with Gasteiger partial charge in [-0.1, -0.05) is 17.7 Å². The minimum atomic E-state index is -1.09. The van der Waals surface area contributed by atoms with E-state index >= 15 is 0 Å². The first kappa shape index (κ1) is 12.4. The van der Waals surface area contributed by atoms with Gasteiger partial charge < -0.3 is 10.1 Å². The van der Waals surface area contributed by atoms with Crippen LogP contribution >= 0.6 is 11.6 Å². The van der Waals surface area contributed by atoms with Gasteiger partial charge in [0.2, 0.25) is 0 Å². The lowest BCUT2D eigenvalue weighted by Gasteiger charge is -2.04. The third-order valence-corrected chi connectivity index (χ3v) is 3.04. The third kappa shape index (κ3) is 2.28. The Morgan fingerprint density at radius 3 is 2.67 bits per heavy atom. The Morgan fingerprint density at radius 2 is 2.06 bits per heavy atom. The molecule has 1 aromatic carbocycles. The zero-order valence-electron chi connectivity index (χ0n) is 9.53. The fraction of sp³-hybridized carbons (Fsp3) is 0.0769. The fourth-order valence-corrected chi connectivity index (χ4v) is 1.75. The first-order valence-corrected chi connectivity index (χ1v) is 5.59. The molecule has 0 spiro atoms. The van der Waals surface area contributed by atoms with Crippen LogP contribution in [0.3, 0.4) is 0 Å². The summed E-state index contributed by atoms with van der Waals surface area (Å²) in [6.45, 7) is 1.82. The van der Waals surface area contributed by atoms with E-state index in [0.29, 0.717) is 16.1 Å². The summed E-state index contributed by atoms with van der Waals surface area (Å²) in [6, 6.07) is 6.47. The molecule has 0 unspecified atom stereocenters. The van der Waals surface area contributed by atoms with Crippen molar-refractivity contribution in [1.82, 2.24) is 4.98 Å². The van der Waals surface area contributed by atoms with Gasteiger partial charge in [-0.25, -0.2) is 4.79 Å². The zero-order chi connectivity index (χ0) is 13.3. The molecule has 0 amide bonds. The van der Waals surface area contributed by atoms with Gasteiger partial charge in [-0.15, -0.1) is 0 Å². The quantitative estimate of drug-likeness (QED) is 0.875. The van der Waals surface area contributed by atoms with Crippen molar-refractivity contribution >= 4 is 17.6 Å². The molecule has 1 aromatic heterocycles. The second kappa shape index (κ2) is 4.66. The molecule has 2 rings (SSSR count). The molecule has 0 fully saturated rings. The molecule has 5 heteroatoms. The maximum atomic E-state index is 11.7. The number of aromatic nitrogens is 1. The average molecular weight is 264 g/mol. The summed E-state index contributed by atoms with van der Waals surface area (Å²) in [7, 11) is 0. The smallest absolute Gasteiger partial charge is 0.337 e. The highest BCUT2D eigenvalue weighted by molar-refractivity contribution is 6.31. The monoisotopic (exact) mass is 263 g/mol. The molecule has 2 aromatic rings. The van der Waals surface area contributed by atoms with Crippen molar-refractivity contribution in [1.29, 1.82) is 0 Å². The van der Waals surface area contributed by atoms with Gasteiger partial charge in [-0.05, 0) is 36.2 Å². The van der Waals surface area contributed by atoms with Crippen molar-refractivity contribution in [2.75, 3.05) is 0 Å². The molecule has 18 heavy (non-hydrogen) atoms. The molecule has 0 saturated carbocycles. The van der Waals surface area contributed by atoms with E-state index in [1.165, 1.54) is 12.3 Å². The van der Waals surface area contributed by atoms with E-state index in [4.69, 9.17) is 16.7 Å². The van der Waals surface area contributed by atoms with Gasteiger partial charge in [0.15, 0.2) is 0 Å². The summed E-state index contributed by atoms with van der Waals surface area (Å²) in [5.74, 6) is -1.09. The Hall–Kier alpha value is -2.07. The van der Waals surface area contributed by atoms with Crippen LogP contribution in [0.25, 0.3) is 11.1 Å². The molecule has 0 aliphatic carbocycles. The number of benzene rings is 1. The number of aryl methyl sites for hydroxylation is 1. The van der Waals surface area contributed by atoms with E-state index < -0.39 is 5.97 Å². The van der Waals surface area contributed by atoms with Crippen LogP contribution in [0, 0.1) is 6.92 Å². The minimum absolute atomic E-state index is 0.0391. The second-order valence-electron chi connectivity index (χ2n) is 3.90. The van der Waals surface area contributed by atoms with Crippen molar-refractivity contribution in [3.63, 3.8) is 0 Å². The molecule has 4 nitrogen and oxygen atoms in total. The van der Waals surface area contributed by atoms with Gasteiger partial charge in [-0.2, -0.15) is 0 Å². The molecule has 2 N–H and O–H groups in total. The summed E-state index contributed by atoms with van der Waals surface area (Å²) in [6.07, 6.45) is 1.18. The van der Waals surface area contributed by atoms with Crippen molar-refractivity contribution in [2.45, 2.75) is 6.92 Å². The Labute approximate surface area is 108 Å². The largest absolute Gasteiger partial charge is 0.478 e. The molecule has 0 saturated heterocycles. The lowest BCUT2D eigenvalue weighted by Crippen LogP contribution is -2.11. The number of carboxylic acid groups (broad SMARTS) is 1. The molecule has 1 heterocycles. The normalized spacial score (nSPS) is 10.3. The van der Waals surface area contributed by atoms with E-state index in [2.05, 4.69) is 4.98 Å². The number of carboxylic acids is 1.